The third kappa shape index (κ3) is 1.89. The van der Waals surface area contributed by atoms with Gasteiger partial charge in [0.1, 0.15) is 6.17 Å². The minimum Gasteiger partial charge on any atom is -0.334 e. The molecule has 0 saturated carbocycles. The number of rotatable bonds is 2. The Labute approximate surface area is 127 Å². The topological polar surface area (TPSA) is 73.3 Å². The molecule has 0 radical (unpaired) electrons. The molecule has 7 nitrogen and oxygen atoms in total. The van der Waals surface area contributed by atoms with E-state index in [4.69, 9.17) is 0 Å². The SMILES string of the molecule is CN1C(=O)C2N=C(C(=O)c3ccccc3)N(C)C2N(C)C1=O. The average Bonchev–Trinajstić information content (AvgIpc) is 2.88. The number of nitrogens with zero attached hydrogens (tertiary/aromatic N) is 4. The maximum atomic E-state index is 12.6. The van der Waals surface area contributed by atoms with Gasteiger partial charge >= 0.3 is 6.03 Å². The van der Waals surface area contributed by atoms with E-state index in [-0.39, 0.29) is 11.6 Å². The fourth-order valence-corrected chi connectivity index (χ4v) is 2.86. The minimum atomic E-state index is -0.764. The molecule has 1 saturated heterocycles. The van der Waals surface area contributed by atoms with Crippen molar-refractivity contribution in [1.29, 1.82) is 0 Å². The molecular weight excluding hydrogens is 284 g/mol. The van der Waals surface area contributed by atoms with E-state index in [1.807, 2.05) is 6.07 Å². The van der Waals surface area contributed by atoms with Crippen molar-refractivity contribution >= 4 is 23.6 Å². The Balaban J connectivity index is 1.97. The Bertz CT molecular complexity index is 685. The average molecular weight is 300 g/mol. The lowest BCUT2D eigenvalue weighted by molar-refractivity contribution is -0.133. The highest BCUT2D eigenvalue weighted by Gasteiger charge is 2.50. The number of carbonyl (C=O) groups is 3. The Kier molecular flexibility index (Phi) is 3.20. The first-order valence-corrected chi connectivity index (χ1v) is 6.88. The number of hydrogen-bond donors (Lipinski definition) is 0. The fourth-order valence-electron chi connectivity index (χ4n) is 2.86. The van der Waals surface area contributed by atoms with E-state index in [9.17, 15) is 14.4 Å². The van der Waals surface area contributed by atoms with Gasteiger partial charge in [0.15, 0.2) is 11.9 Å². The molecule has 3 amide bonds. The van der Waals surface area contributed by atoms with Crippen LogP contribution in [0, 0.1) is 0 Å². The van der Waals surface area contributed by atoms with Crippen molar-refractivity contribution in [3.8, 4) is 0 Å². The molecule has 0 N–H and O–H groups in total. The van der Waals surface area contributed by atoms with Gasteiger partial charge in [0.25, 0.3) is 5.91 Å². The van der Waals surface area contributed by atoms with Gasteiger partial charge in [-0.15, -0.1) is 0 Å². The van der Waals surface area contributed by atoms with Gasteiger partial charge in [-0.25, -0.2) is 9.79 Å². The molecule has 3 rings (SSSR count). The Morgan fingerprint density at radius 2 is 1.68 bits per heavy atom. The van der Waals surface area contributed by atoms with Gasteiger partial charge in [-0.3, -0.25) is 14.5 Å². The van der Waals surface area contributed by atoms with Crippen LogP contribution in [-0.4, -0.2) is 71.6 Å². The zero-order valence-corrected chi connectivity index (χ0v) is 12.6. The van der Waals surface area contributed by atoms with Crippen LogP contribution in [0.4, 0.5) is 4.79 Å². The lowest BCUT2D eigenvalue weighted by atomic mass is 10.1. The van der Waals surface area contributed by atoms with Gasteiger partial charge in [0.2, 0.25) is 5.78 Å². The largest absolute Gasteiger partial charge is 0.334 e. The van der Waals surface area contributed by atoms with Crippen LogP contribution in [0.25, 0.3) is 0 Å². The van der Waals surface area contributed by atoms with Crippen LogP contribution in [0.2, 0.25) is 0 Å². The quantitative estimate of drug-likeness (QED) is 0.743. The van der Waals surface area contributed by atoms with Crippen LogP contribution in [0.15, 0.2) is 35.3 Å². The third-order valence-corrected chi connectivity index (χ3v) is 4.08. The van der Waals surface area contributed by atoms with Crippen LogP contribution in [-0.2, 0) is 4.79 Å². The summed E-state index contributed by atoms with van der Waals surface area (Å²) in [6.45, 7) is 0. The van der Waals surface area contributed by atoms with Crippen molar-refractivity contribution in [3.63, 3.8) is 0 Å². The summed E-state index contributed by atoms with van der Waals surface area (Å²) in [6.07, 6.45) is -0.557. The van der Waals surface area contributed by atoms with Crippen LogP contribution < -0.4 is 0 Å². The summed E-state index contributed by atoms with van der Waals surface area (Å²) in [6, 6.07) is 7.59. The number of amidine groups is 1. The number of fused-ring (bicyclic) bond motifs is 1. The molecule has 114 valence electrons. The summed E-state index contributed by atoms with van der Waals surface area (Å²) in [4.78, 5) is 45.2. The van der Waals surface area contributed by atoms with E-state index in [0.29, 0.717) is 5.56 Å². The number of likely N-dealkylation sites (N-methyl/N-ethyl adjacent to an activating group) is 3. The first-order chi connectivity index (χ1) is 10.4. The number of amides is 3. The highest BCUT2D eigenvalue weighted by Crippen LogP contribution is 2.26. The summed E-state index contributed by atoms with van der Waals surface area (Å²) in [5.41, 5.74) is 0.501. The predicted molar refractivity (Wildman–Crippen MR) is 79.5 cm³/mol. The molecule has 0 bridgehead atoms. The van der Waals surface area contributed by atoms with Gasteiger partial charge in [-0.05, 0) is 0 Å². The molecule has 22 heavy (non-hydrogen) atoms. The van der Waals surface area contributed by atoms with Crippen LogP contribution in [0.3, 0.4) is 0 Å². The smallest absolute Gasteiger partial charge is 0.327 e. The second-order valence-electron chi connectivity index (χ2n) is 5.41. The van der Waals surface area contributed by atoms with E-state index in [2.05, 4.69) is 4.99 Å². The van der Waals surface area contributed by atoms with Crippen molar-refractivity contribution < 1.29 is 14.4 Å². The number of urea groups is 1. The van der Waals surface area contributed by atoms with E-state index in [1.165, 1.54) is 11.9 Å². The molecule has 7 heteroatoms. The molecule has 0 spiro atoms. The number of carbonyl (C=O) groups excluding carboxylic acids is 3. The van der Waals surface area contributed by atoms with Crippen molar-refractivity contribution in [3.05, 3.63) is 35.9 Å². The zero-order valence-electron chi connectivity index (χ0n) is 12.6. The number of aliphatic imine (C=N–C) groups is 1. The van der Waals surface area contributed by atoms with Gasteiger partial charge < -0.3 is 9.80 Å². The molecule has 1 aromatic rings. The van der Waals surface area contributed by atoms with Crippen molar-refractivity contribution in [2.24, 2.45) is 4.99 Å². The lowest BCUT2D eigenvalue weighted by Crippen LogP contribution is -2.64. The second kappa shape index (κ2) is 4.94. The molecule has 2 aliphatic heterocycles. The van der Waals surface area contributed by atoms with Gasteiger partial charge in [0, 0.05) is 26.7 Å². The number of ketones is 1. The number of hydrogen-bond acceptors (Lipinski definition) is 5. The maximum Gasteiger partial charge on any atom is 0.327 e. The Morgan fingerprint density at radius 3 is 2.32 bits per heavy atom. The number of imide groups is 1. The monoisotopic (exact) mass is 300 g/mol. The highest BCUT2D eigenvalue weighted by atomic mass is 16.2. The Hall–Kier alpha value is -2.70. The second-order valence-corrected chi connectivity index (χ2v) is 5.41. The van der Waals surface area contributed by atoms with Crippen molar-refractivity contribution in [2.75, 3.05) is 21.1 Å². The van der Waals surface area contributed by atoms with E-state index < -0.39 is 24.1 Å². The normalized spacial score (nSPS) is 24.5. The standard InChI is InChI=1S/C15H16N4O3/c1-17-12(11(20)9-7-5-4-6-8-9)16-10-13(17)18(2)15(22)19(3)14(10)21/h4-8,10,13H,1-3H3. The molecule has 0 aliphatic carbocycles. The predicted octanol–water partition coefficient (Wildman–Crippen LogP) is 0.432. The Morgan fingerprint density at radius 1 is 1.05 bits per heavy atom. The summed E-state index contributed by atoms with van der Waals surface area (Å²) < 4.78 is 0. The lowest BCUT2D eigenvalue weighted by Gasteiger charge is -2.40. The van der Waals surface area contributed by atoms with Crippen molar-refractivity contribution in [2.45, 2.75) is 12.2 Å². The summed E-state index contributed by atoms with van der Waals surface area (Å²) in [7, 11) is 4.70. The molecule has 2 heterocycles. The molecule has 0 aromatic heterocycles. The van der Waals surface area contributed by atoms with Crippen LogP contribution in [0.5, 0.6) is 0 Å². The molecule has 1 fully saturated rings. The van der Waals surface area contributed by atoms with E-state index >= 15 is 0 Å². The van der Waals surface area contributed by atoms with E-state index in [1.54, 1.807) is 43.3 Å². The first kappa shape index (κ1) is 14.2. The number of benzene rings is 1. The molecule has 1 aromatic carbocycles. The third-order valence-electron chi connectivity index (χ3n) is 4.08. The minimum absolute atomic E-state index is 0.199. The van der Waals surface area contributed by atoms with Crippen molar-refractivity contribution in [1.82, 2.24) is 14.7 Å². The maximum absolute atomic E-state index is 12.6. The summed E-state index contributed by atoms with van der Waals surface area (Å²) in [5.74, 6) is -0.450. The summed E-state index contributed by atoms with van der Waals surface area (Å²) >= 11 is 0. The summed E-state index contributed by atoms with van der Waals surface area (Å²) in [5, 5.41) is 0. The number of Topliss-reactive ketones (excluding diaryl/α,β-unsaturated/α-hetero) is 1. The first-order valence-electron chi connectivity index (χ1n) is 6.88. The molecule has 2 unspecified atom stereocenters. The molecule has 2 atom stereocenters. The van der Waals surface area contributed by atoms with Crippen LogP contribution >= 0.6 is 0 Å². The highest BCUT2D eigenvalue weighted by molar-refractivity contribution is 6.45. The molecule has 2 aliphatic rings. The zero-order chi connectivity index (χ0) is 16.0. The van der Waals surface area contributed by atoms with Gasteiger partial charge in [0.05, 0.1) is 0 Å². The molecular formula is C15H16N4O3. The van der Waals surface area contributed by atoms with Crippen LogP contribution in [0.1, 0.15) is 10.4 Å². The van der Waals surface area contributed by atoms with Gasteiger partial charge in [-0.2, -0.15) is 0 Å². The fraction of sp³-hybridized carbons (Fsp3) is 0.333. The van der Waals surface area contributed by atoms with Gasteiger partial charge in [-0.1, -0.05) is 30.3 Å². The van der Waals surface area contributed by atoms with E-state index in [0.717, 1.165) is 4.90 Å².